The van der Waals surface area contributed by atoms with Crippen LogP contribution in [0.2, 0.25) is 0 Å². The summed E-state index contributed by atoms with van der Waals surface area (Å²) in [6.07, 6.45) is 16.7. The molecule has 0 radical (unpaired) electrons. The minimum atomic E-state index is -3.78. The Labute approximate surface area is 288 Å². The lowest BCUT2D eigenvalue weighted by molar-refractivity contribution is -0.155. The van der Waals surface area contributed by atoms with E-state index in [0.717, 1.165) is 84.0 Å². The minimum absolute atomic E-state index is 0.0911. The molecule has 2 aromatic rings. The van der Waals surface area contributed by atoms with Crippen molar-refractivity contribution in [3.8, 4) is 5.75 Å². The fraction of sp³-hybridized carbons (Fsp3) is 0.590. The molecule has 4 atom stereocenters. The average molecular weight is 686 g/mol. The van der Waals surface area contributed by atoms with Gasteiger partial charge in [-0.05, 0) is 91.7 Å². The summed E-state index contributed by atoms with van der Waals surface area (Å²) in [5.41, 5.74) is 6.69. The second-order valence-corrected chi connectivity index (χ2v) is 17.4. The van der Waals surface area contributed by atoms with Crippen molar-refractivity contribution in [2.45, 2.75) is 119 Å². The van der Waals surface area contributed by atoms with E-state index < -0.39 is 21.2 Å². The second-order valence-electron chi connectivity index (χ2n) is 15.4. The van der Waals surface area contributed by atoms with Gasteiger partial charge in [-0.3, -0.25) is 9.59 Å². The van der Waals surface area contributed by atoms with Gasteiger partial charge in [-0.2, -0.15) is 0 Å². The molecular weight excluding hydrogens is 639 g/mol. The molecule has 3 aliphatic heterocycles. The van der Waals surface area contributed by atoms with Gasteiger partial charge in [0.2, 0.25) is 15.9 Å². The van der Waals surface area contributed by atoms with E-state index >= 15 is 0 Å². The molecule has 4 heterocycles. The highest BCUT2D eigenvalue weighted by atomic mass is 32.2. The number of carbonyl (C=O) groups excluding carboxylic acids is 2. The Bertz CT molecular complexity index is 1900. The van der Waals surface area contributed by atoms with Gasteiger partial charge in [-0.1, -0.05) is 50.3 Å². The lowest BCUT2D eigenvalue weighted by atomic mass is 9.75. The number of sulfonamides is 1. The molecule has 2 saturated carbocycles. The zero-order valence-electron chi connectivity index (χ0n) is 28.4. The molecule has 49 heavy (non-hydrogen) atoms. The smallest absolute Gasteiger partial charge is 0.265 e. The fourth-order valence-corrected chi connectivity index (χ4v) is 11.8. The van der Waals surface area contributed by atoms with Crippen LogP contribution in [0, 0.1) is 5.92 Å². The van der Waals surface area contributed by atoms with E-state index in [2.05, 4.69) is 44.5 Å². The molecule has 1 unspecified atom stereocenters. The van der Waals surface area contributed by atoms with E-state index in [0.29, 0.717) is 50.5 Å². The van der Waals surface area contributed by atoms with Crippen LogP contribution in [0.4, 0.5) is 0 Å². The Morgan fingerprint density at radius 1 is 0.939 bits per heavy atom. The quantitative estimate of drug-likeness (QED) is 0.391. The number of hydrogen-bond acceptors (Lipinski definition) is 6. The summed E-state index contributed by atoms with van der Waals surface area (Å²) in [5, 5.41) is 0.523. The van der Waals surface area contributed by atoms with Crippen molar-refractivity contribution in [2.75, 3.05) is 20.3 Å². The van der Waals surface area contributed by atoms with Crippen LogP contribution in [0.25, 0.3) is 10.9 Å². The predicted octanol–water partition coefficient (Wildman–Crippen LogP) is 6.15. The molecular formula is C39H47N3O6S. The number of rotatable bonds is 6. The number of amides is 2. The van der Waals surface area contributed by atoms with Crippen molar-refractivity contribution in [1.29, 1.82) is 0 Å². The Balaban J connectivity index is 1.19. The third kappa shape index (κ3) is 5.14. The van der Waals surface area contributed by atoms with E-state index in [1.165, 1.54) is 24.8 Å². The number of aromatic nitrogens is 1. The summed E-state index contributed by atoms with van der Waals surface area (Å²) in [5.74, 6) is 0.260. The van der Waals surface area contributed by atoms with Gasteiger partial charge in [-0.25, -0.2) is 13.1 Å². The maximum Gasteiger partial charge on any atom is 0.265 e. The average Bonchev–Trinajstić information content (AvgIpc) is 3.38. The maximum absolute atomic E-state index is 14.9. The van der Waals surface area contributed by atoms with Crippen LogP contribution in [0.5, 0.6) is 5.75 Å². The highest BCUT2D eigenvalue weighted by molar-refractivity contribution is 7.90. The number of ether oxygens (including phenoxy) is 2. The van der Waals surface area contributed by atoms with E-state index in [-0.39, 0.29) is 29.8 Å². The predicted molar refractivity (Wildman–Crippen MR) is 187 cm³/mol. The first-order chi connectivity index (χ1) is 23.9. The number of benzene rings is 1. The third-order valence-corrected chi connectivity index (χ3v) is 14.6. The van der Waals surface area contributed by atoms with Crippen molar-refractivity contribution < 1.29 is 27.5 Å². The first kappa shape index (κ1) is 31.6. The first-order valence-electron chi connectivity index (χ1n) is 18.7. The van der Waals surface area contributed by atoms with Gasteiger partial charge in [0.25, 0.3) is 5.91 Å². The third-order valence-electron chi connectivity index (χ3n) is 12.7. The maximum atomic E-state index is 14.9. The number of carbonyl (C=O) groups is 2. The molecule has 4 fully saturated rings. The van der Waals surface area contributed by atoms with E-state index in [9.17, 15) is 18.0 Å². The summed E-state index contributed by atoms with van der Waals surface area (Å²) in [6, 6.07) is 6.75. The number of morpholine rings is 1. The molecule has 2 amide bonds. The topological polar surface area (TPSA) is 107 Å². The number of allylic oxidation sites excluding steroid dienone is 4. The molecule has 1 N–H and O–H groups in total. The number of methoxy groups -OCH3 is 1. The van der Waals surface area contributed by atoms with Gasteiger partial charge in [0.05, 0.1) is 54.7 Å². The molecule has 7 aliphatic rings. The van der Waals surface area contributed by atoms with Gasteiger partial charge in [0.15, 0.2) is 0 Å². The molecule has 9 rings (SSSR count). The number of nitrogens with one attached hydrogen (secondary N) is 1. The highest BCUT2D eigenvalue weighted by Gasteiger charge is 2.50. The summed E-state index contributed by atoms with van der Waals surface area (Å²) in [6.45, 7) is 1.62. The Hall–Kier alpha value is -3.37. The highest BCUT2D eigenvalue weighted by Crippen LogP contribution is 2.55. The number of fused-ring (bicyclic) bond motifs is 8. The Morgan fingerprint density at radius 2 is 1.67 bits per heavy atom. The lowest BCUT2D eigenvalue weighted by Gasteiger charge is -2.48. The van der Waals surface area contributed by atoms with Crippen LogP contribution in [0.3, 0.4) is 0 Å². The Morgan fingerprint density at radius 3 is 2.41 bits per heavy atom. The second kappa shape index (κ2) is 12.1. The molecule has 10 heteroatoms. The molecule has 1 aromatic carbocycles. The number of nitrogens with zero attached hydrogens (tertiary/aromatic N) is 2. The summed E-state index contributed by atoms with van der Waals surface area (Å²) >= 11 is 0. The van der Waals surface area contributed by atoms with Crippen LogP contribution < -0.4 is 9.46 Å². The standard InChI is InChI=1S/C39H47N3O6S/c1-47-33-18-17-27(23-9-3-2-4-10-23)37-30(33)19-32-34-28(15-8-16-29(34)39(44)42-24-11-7-12-25(42)22-48-21-24)35-31(20-41(32)37)36(35)38(43)40-49(45,46)26-13-5-6-14-26/h8,15,17-19,23-26,29,34H,2-7,9-14,16,20-22H2,1H3,(H,40,43)/t24-,25+,29-,34?/m1/s1. The molecule has 2 bridgehead atoms. The fourth-order valence-electron chi connectivity index (χ4n) is 10.4. The largest absolute Gasteiger partial charge is 0.496 e. The van der Waals surface area contributed by atoms with Crippen molar-refractivity contribution in [3.05, 3.63) is 63.9 Å². The number of piperidine rings is 1. The summed E-state index contributed by atoms with van der Waals surface area (Å²) in [4.78, 5) is 31.0. The van der Waals surface area contributed by atoms with E-state index in [1.807, 2.05) is 0 Å². The zero-order chi connectivity index (χ0) is 33.4. The monoisotopic (exact) mass is 685 g/mol. The van der Waals surface area contributed by atoms with E-state index in [1.54, 1.807) is 7.11 Å². The van der Waals surface area contributed by atoms with Crippen LogP contribution in [-0.2, 0) is 30.9 Å². The van der Waals surface area contributed by atoms with Gasteiger partial charge in [0, 0.05) is 23.5 Å². The van der Waals surface area contributed by atoms with E-state index in [4.69, 9.17) is 9.47 Å². The van der Waals surface area contributed by atoms with Crippen molar-refractivity contribution in [2.24, 2.45) is 5.92 Å². The number of hydrogen-bond donors (Lipinski definition) is 1. The minimum Gasteiger partial charge on any atom is -0.496 e. The summed E-state index contributed by atoms with van der Waals surface area (Å²) in [7, 11) is -2.06. The molecule has 1 aromatic heterocycles. The molecule has 4 aliphatic carbocycles. The van der Waals surface area contributed by atoms with Crippen molar-refractivity contribution in [3.63, 3.8) is 0 Å². The molecule has 260 valence electrons. The zero-order valence-corrected chi connectivity index (χ0v) is 29.2. The molecule has 9 nitrogen and oxygen atoms in total. The molecule has 2 saturated heterocycles. The van der Waals surface area contributed by atoms with Gasteiger partial charge in [-0.15, -0.1) is 0 Å². The Kier molecular flexibility index (Phi) is 7.83. The van der Waals surface area contributed by atoms with Gasteiger partial charge < -0.3 is 18.9 Å². The van der Waals surface area contributed by atoms with Gasteiger partial charge in [0.1, 0.15) is 5.75 Å². The van der Waals surface area contributed by atoms with Crippen molar-refractivity contribution >= 4 is 32.7 Å². The summed E-state index contributed by atoms with van der Waals surface area (Å²) < 4.78 is 43.3. The van der Waals surface area contributed by atoms with Crippen LogP contribution in [-0.4, -0.2) is 67.4 Å². The SMILES string of the molecule is COc1ccc(C2CCCCC2)c2c1cc1n2CC2=C(C(=O)NS(=O)(=O)C3CCCC3)C2=C2C=CC[C@@H](C(=O)N3[C@@H]4CCC[C@H]3COC4)C21. The molecule has 0 spiro atoms. The van der Waals surface area contributed by atoms with Crippen LogP contribution in [0.15, 0.2) is 52.6 Å². The van der Waals surface area contributed by atoms with Gasteiger partial charge >= 0.3 is 0 Å². The lowest BCUT2D eigenvalue weighted by Crippen LogP contribution is -2.59. The normalized spacial score (nSPS) is 28.6. The first-order valence-corrected chi connectivity index (χ1v) is 20.2. The van der Waals surface area contributed by atoms with Crippen LogP contribution in [0.1, 0.15) is 107 Å². The van der Waals surface area contributed by atoms with Crippen LogP contribution >= 0.6 is 0 Å². The van der Waals surface area contributed by atoms with Crippen molar-refractivity contribution in [1.82, 2.24) is 14.2 Å².